The summed E-state index contributed by atoms with van der Waals surface area (Å²) in [7, 11) is 0. The number of carbonyl (C=O) groups is 1. The van der Waals surface area contributed by atoms with Crippen molar-refractivity contribution in [3.8, 4) is 17.1 Å². The van der Waals surface area contributed by atoms with Crippen molar-refractivity contribution in [1.29, 1.82) is 0 Å². The molecule has 0 atom stereocenters. The highest BCUT2D eigenvalue weighted by Crippen LogP contribution is 2.23. The maximum Gasteiger partial charge on any atom is 0.295 e. The number of rotatable bonds is 4. The lowest BCUT2D eigenvalue weighted by Crippen LogP contribution is -2.15. The largest absolute Gasteiger partial charge is 0.319 e. The molecule has 0 fully saturated rings. The van der Waals surface area contributed by atoms with Gasteiger partial charge in [-0.05, 0) is 36.8 Å². The summed E-state index contributed by atoms with van der Waals surface area (Å²) in [6.45, 7) is 1.93. The Bertz CT molecular complexity index is 1140. The summed E-state index contributed by atoms with van der Waals surface area (Å²) in [5, 5.41) is 7.92. The average molecular weight is 389 g/mol. The van der Waals surface area contributed by atoms with Crippen LogP contribution in [0.2, 0.25) is 5.02 Å². The number of halogens is 1. The van der Waals surface area contributed by atoms with Crippen LogP contribution in [-0.4, -0.2) is 20.7 Å². The van der Waals surface area contributed by atoms with Crippen molar-refractivity contribution in [3.63, 3.8) is 0 Å². The molecule has 0 radical (unpaired) electrons. The fourth-order valence-corrected chi connectivity index (χ4v) is 3.05. The van der Waals surface area contributed by atoms with E-state index in [1.54, 1.807) is 16.8 Å². The number of anilines is 1. The lowest BCUT2D eigenvalue weighted by Gasteiger charge is -2.06. The number of hydrogen-bond donors (Lipinski definition) is 1. The van der Waals surface area contributed by atoms with Gasteiger partial charge >= 0.3 is 0 Å². The van der Waals surface area contributed by atoms with Crippen molar-refractivity contribution in [2.45, 2.75) is 6.92 Å². The highest BCUT2D eigenvalue weighted by Gasteiger charge is 2.19. The van der Waals surface area contributed by atoms with Crippen molar-refractivity contribution in [2.24, 2.45) is 0 Å². The van der Waals surface area contributed by atoms with Crippen LogP contribution in [0.15, 0.2) is 78.9 Å². The first-order valence-corrected chi connectivity index (χ1v) is 9.15. The fraction of sp³-hybridized carbons (Fsp3) is 0.0455. The van der Waals surface area contributed by atoms with Crippen molar-refractivity contribution in [2.75, 3.05) is 5.32 Å². The number of nitrogens with one attached hydrogen (secondary N) is 1. The Morgan fingerprint density at radius 3 is 2.46 bits per heavy atom. The van der Waals surface area contributed by atoms with Gasteiger partial charge in [0, 0.05) is 16.3 Å². The highest BCUT2D eigenvalue weighted by atomic mass is 35.5. The Morgan fingerprint density at radius 2 is 1.71 bits per heavy atom. The monoisotopic (exact) mass is 388 g/mol. The summed E-state index contributed by atoms with van der Waals surface area (Å²) in [6.07, 6.45) is 0. The Balaban J connectivity index is 1.77. The molecule has 0 aliphatic carbocycles. The van der Waals surface area contributed by atoms with Gasteiger partial charge in [-0.3, -0.25) is 4.79 Å². The molecule has 1 heterocycles. The van der Waals surface area contributed by atoms with E-state index in [4.69, 9.17) is 11.6 Å². The minimum atomic E-state index is -0.368. The van der Waals surface area contributed by atoms with Crippen LogP contribution in [0.25, 0.3) is 17.1 Å². The molecule has 4 aromatic rings. The molecule has 0 saturated heterocycles. The Morgan fingerprint density at radius 1 is 0.964 bits per heavy atom. The van der Waals surface area contributed by atoms with Crippen LogP contribution in [-0.2, 0) is 0 Å². The molecule has 6 heteroatoms. The lowest BCUT2D eigenvalue weighted by molar-refractivity contribution is 0.101. The zero-order valence-corrected chi connectivity index (χ0v) is 15.9. The maximum absolute atomic E-state index is 12.8. The average Bonchev–Trinajstić information content (AvgIpc) is 3.16. The summed E-state index contributed by atoms with van der Waals surface area (Å²) in [5.41, 5.74) is 3.28. The van der Waals surface area contributed by atoms with E-state index in [0.717, 1.165) is 22.5 Å². The summed E-state index contributed by atoms with van der Waals surface area (Å²) in [6, 6.07) is 24.5. The minimum Gasteiger partial charge on any atom is -0.319 e. The van der Waals surface area contributed by atoms with Crippen LogP contribution in [0.5, 0.6) is 0 Å². The topological polar surface area (TPSA) is 59.8 Å². The first kappa shape index (κ1) is 17.9. The van der Waals surface area contributed by atoms with E-state index in [2.05, 4.69) is 15.4 Å². The van der Waals surface area contributed by atoms with Gasteiger partial charge in [0.1, 0.15) is 0 Å². The number of amides is 1. The molecule has 1 aromatic heterocycles. The molecule has 0 spiro atoms. The second-order valence-electron chi connectivity index (χ2n) is 6.29. The Hall–Kier alpha value is -3.44. The fourth-order valence-electron chi connectivity index (χ4n) is 2.86. The summed E-state index contributed by atoms with van der Waals surface area (Å²) in [4.78, 5) is 17.3. The zero-order chi connectivity index (χ0) is 19.5. The first-order valence-electron chi connectivity index (χ1n) is 8.77. The molecule has 0 aliphatic rings. The van der Waals surface area contributed by atoms with Crippen molar-refractivity contribution in [1.82, 2.24) is 14.8 Å². The van der Waals surface area contributed by atoms with E-state index in [-0.39, 0.29) is 11.7 Å². The van der Waals surface area contributed by atoms with Gasteiger partial charge in [0.05, 0.1) is 5.69 Å². The number of aromatic nitrogens is 3. The molecule has 28 heavy (non-hydrogen) atoms. The quantitative estimate of drug-likeness (QED) is 0.526. The summed E-state index contributed by atoms with van der Waals surface area (Å²) < 4.78 is 1.63. The third kappa shape index (κ3) is 3.66. The molecule has 4 rings (SSSR count). The summed E-state index contributed by atoms with van der Waals surface area (Å²) in [5.74, 6) is 0.284. The van der Waals surface area contributed by atoms with Crippen LogP contribution < -0.4 is 5.32 Å². The van der Waals surface area contributed by atoms with Gasteiger partial charge in [-0.15, -0.1) is 5.10 Å². The van der Waals surface area contributed by atoms with Gasteiger partial charge in [-0.25, -0.2) is 9.67 Å². The standard InChI is InChI=1S/C22H17ClN4O/c1-15-8-5-6-13-19(15)24-22(28)20-25-21(16-9-3-2-4-10-16)27(26-20)18-12-7-11-17(23)14-18/h2-14H,1H3,(H,24,28). The maximum atomic E-state index is 12.8. The minimum absolute atomic E-state index is 0.0853. The van der Waals surface area contributed by atoms with Crippen LogP contribution >= 0.6 is 11.6 Å². The molecule has 1 N–H and O–H groups in total. The molecule has 138 valence electrons. The normalized spacial score (nSPS) is 10.6. The van der Waals surface area contributed by atoms with Crippen molar-refractivity contribution < 1.29 is 4.79 Å². The highest BCUT2D eigenvalue weighted by molar-refractivity contribution is 6.30. The van der Waals surface area contributed by atoms with Gasteiger partial charge in [0.2, 0.25) is 5.82 Å². The van der Waals surface area contributed by atoms with Gasteiger partial charge in [0.15, 0.2) is 5.82 Å². The van der Waals surface area contributed by atoms with E-state index in [9.17, 15) is 4.79 Å². The predicted octanol–water partition coefficient (Wildman–Crippen LogP) is 5.15. The van der Waals surface area contributed by atoms with E-state index < -0.39 is 0 Å². The van der Waals surface area contributed by atoms with E-state index >= 15 is 0 Å². The molecular formula is C22H17ClN4O. The first-order chi connectivity index (χ1) is 13.6. The van der Waals surface area contributed by atoms with Crippen LogP contribution in [0.4, 0.5) is 5.69 Å². The number of benzene rings is 3. The van der Waals surface area contributed by atoms with Crippen molar-refractivity contribution >= 4 is 23.2 Å². The van der Waals surface area contributed by atoms with Crippen LogP contribution in [0.1, 0.15) is 16.2 Å². The second kappa shape index (κ2) is 7.66. The molecule has 0 saturated carbocycles. The number of nitrogens with zero attached hydrogens (tertiary/aromatic N) is 3. The third-order valence-electron chi connectivity index (χ3n) is 4.29. The molecule has 1 amide bonds. The smallest absolute Gasteiger partial charge is 0.295 e. The van der Waals surface area contributed by atoms with Gasteiger partial charge < -0.3 is 5.32 Å². The van der Waals surface area contributed by atoms with E-state index in [1.807, 2.05) is 73.7 Å². The van der Waals surface area contributed by atoms with Gasteiger partial charge in [0.25, 0.3) is 5.91 Å². The zero-order valence-electron chi connectivity index (χ0n) is 15.1. The van der Waals surface area contributed by atoms with E-state index in [1.165, 1.54) is 0 Å². The number of aryl methyl sites for hydroxylation is 1. The Kier molecular flexibility index (Phi) is 4.91. The van der Waals surface area contributed by atoms with Gasteiger partial charge in [-0.1, -0.05) is 66.2 Å². The SMILES string of the molecule is Cc1ccccc1NC(=O)c1nc(-c2ccccc2)n(-c2cccc(Cl)c2)n1. The molecule has 3 aromatic carbocycles. The van der Waals surface area contributed by atoms with Crippen LogP contribution in [0, 0.1) is 6.92 Å². The number of hydrogen-bond acceptors (Lipinski definition) is 3. The molecule has 0 unspecified atom stereocenters. The molecule has 5 nitrogen and oxygen atoms in total. The Labute approximate surface area is 167 Å². The molecular weight excluding hydrogens is 372 g/mol. The summed E-state index contributed by atoms with van der Waals surface area (Å²) >= 11 is 6.15. The van der Waals surface area contributed by atoms with E-state index in [0.29, 0.717) is 10.8 Å². The molecule has 0 bridgehead atoms. The van der Waals surface area contributed by atoms with Crippen LogP contribution in [0.3, 0.4) is 0 Å². The lowest BCUT2D eigenvalue weighted by atomic mass is 10.2. The molecule has 0 aliphatic heterocycles. The number of para-hydroxylation sites is 1. The predicted molar refractivity (Wildman–Crippen MR) is 111 cm³/mol. The van der Waals surface area contributed by atoms with Crippen molar-refractivity contribution in [3.05, 3.63) is 95.3 Å². The number of carbonyl (C=O) groups excluding carboxylic acids is 1. The third-order valence-corrected chi connectivity index (χ3v) is 4.52. The second-order valence-corrected chi connectivity index (χ2v) is 6.72. The van der Waals surface area contributed by atoms with Gasteiger partial charge in [-0.2, -0.15) is 0 Å².